The molecular formula is C18H27FN4O5. The van der Waals surface area contributed by atoms with Crippen LogP contribution in [0.1, 0.15) is 64.7 Å². The maximum atomic E-state index is 13.8. The van der Waals surface area contributed by atoms with Gasteiger partial charge in [-0.3, -0.25) is 9.59 Å². The highest BCUT2D eigenvalue weighted by molar-refractivity contribution is 5.96. The van der Waals surface area contributed by atoms with Crippen LogP contribution in [0.15, 0.2) is 6.20 Å². The molecule has 0 fully saturated rings. The molecule has 0 radical (unpaired) electrons. The van der Waals surface area contributed by atoms with Crippen LogP contribution in [0.5, 0.6) is 0 Å². The van der Waals surface area contributed by atoms with E-state index in [4.69, 9.17) is 15.2 Å². The number of carbonyl (C=O) groups is 3. The largest absolute Gasteiger partial charge is 0.460 e. The average molecular weight is 398 g/mol. The quantitative estimate of drug-likeness (QED) is 0.547. The van der Waals surface area contributed by atoms with E-state index in [1.54, 1.807) is 41.5 Å². The summed E-state index contributed by atoms with van der Waals surface area (Å²) in [5.74, 6) is -3.70. The van der Waals surface area contributed by atoms with Crippen molar-refractivity contribution in [2.24, 2.45) is 0 Å². The van der Waals surface area contributed by atoms with Gasteiger partial charge in [-0.25, -0.2) is 9.78 Å². The molecular weight excluding hydrogens is 371 g/mol. The summed E-state index contributed by atoms with van der Waals surface area (Å²) in [5, 5.41) is 2.35. The number of nitrogens with zero attached hydrogens (tertiary/aromatic N) is 2. The van der Waals surface area contributed by atoms with Crippen molar-refractivity contribution >= 4 is 23.8 Å². The van der Waals surface area contributed by atoms with Gasteiger partial charge in [-0.05, 0) is 48.0 Å². The Bertz CT molecular complexity index is 740. The van der Waals surface area contributed by atoms with Gasteiger partial charge in [-0.2, -0.15) is 9.37 Å². The van der Waals surface area contributed by atoms with Crippen LogP contribution in [0, 0.1) is 5.95 Å². The Morgan fingerprint density at radius 1 is 1.14 bits per heavy atom. The van der Waals surface area contributed by atoms with Crippen LogP contribution < -0.4 is 11.1 Å². The van der Waals surface area contributed by atoms with Crippen LogP contribution in [-0.4, -0.2) is 45.1 Å². The summed E-state index contributed by atoms with van der Waals surface area (Å²) in [6.45, 7) is 10.1. The van der Waals surface area contributed by atoms with Gasteiger partial charge >= 0.3 is 11.9 Å². The van der Waals surface area contributed by atoms with E-state index in [1.807, 2.05) is 0 Å². The molecule has 0 bridgehead atoms. The minimum Gasteiger partial charge on any atom is -0.460 e. The molecule has 3 N–H and O–H groups in total. The minimum absolute atomic E-state index is 0.0903. The Morgan fingerprint density at radius 3 is 2.21 bits per heavy atom. The van der Waals surface area contributed by atoms with Gasteiger partial charge in [0.1, 0.15) is 22.8 Å². The van der Waals surface area contributed by atoms with Crippen molar-refractivity contribution in [3.8, 4) is 0 Å². The molecule has 9 nitrogen and oxygen atoms in total. The van der Waals surface area contributed by atoms with Gasteiger partial charge < -0.3 is 20.5 Å². The summed E-state index contributed by atoms with van der Waals surface area (Å²) in [6.07, 6.45) is 0.669. The fourth-order valence-electron chi connectivity index (χ4n) is 2.04. The molecule has 1 heterocycles. The molecule has 1 amide bonds. The lowest BCUT2D eigenvalue weighted by Crippen LogP contribution is -2.45. The van der Waals surface area contributed by atoms with Gasteiger partial charge in [0.2, 0.25) is 11.9 Å². The SMILES string of the molecule is CC(C)(C)OC(=O)CC[C@H](NC(=O)c1cnc(N)nc1F)C(=O)OC(C)(C)C. The number of esters is 2. The monoisotopic (exact) mass is 398 g/mol. The smallest absolute Gasteiger partial charge is 0.329 e. The average Bonchev–Trinajstić information content (AvgIpc) is 2.47. The third-order valence-electron chi connectivity index (χ3n) is 3.06. The molecule has 156 valence electrons. The number of nitrogens with one attached hydrogen (secondary N) is 1. The van der Waals surface area contributed by atoms with Crippen molar-refractivity contribution in [2.75, 3.05) is 5.73 Å². The topological polar surface area (TPSA) is 133 Å². The lowest BCUT2D eigenvalue weighted by molar-refractivity contribution is -0.158. The molecule has 0 spiro atoms. The van der Waals surface area contributed by atoms with Gasteiger partial charge in [-0.1, -0.05) is 0 Å². The summed E-state index contributed by atoms with van der Waals surface area (Å²) in [7, 11) is 0. The fourth-order valence-corrected chi connectivity index (χ4v) is 2.04. The van der Waals surface area contributed by atoms with Crippen LogP contribution in [-0.2, 0) is 19.1 Å². The second kappa shape index (κ2) is 8.94. The summed E-state index contributed by atoms with van der Waals surface area (Å²) in [5.41, 5.74) is 3.27. The zero-order valence-corrected chi connectivity index (χ0v) is 17.0. The normalized spacial score (nSPS) is 12.8. The van der Waals surface area contributed by atoms with E-state index in [-0.39, 0.29) is 18.8 Å². The summed E-state index contributed by atoms with van der Waals surface area (Å²) >= 11 is 0. The van der Waals surface area contributed by atoms with Gasteiger partial charge in [-0.15, -0.1) is 0 Å². The highest BCUT2D eigenvalue weighted by Crippen LogP contribution is 2.14. The molecule has 1 rings (SSSR count). The molecule has 0 aliphatic rings. The number of carbonyl (C=O) groups excluding carboxylic acids is 3. The zero-order valence-electron chi connectivity index (χ0n) is 17.0. The van der Waals surface area contributed by atoms with E-state index in [2.05, 4.69) is 15.3 Å². The van der Waals surface area contributed by atoms with Gasteiger partial charge in [0.05, 0.1) is 0 Å². The van der Waals surface area contributed by atoms with E-state index < -0.39 is 46.6 Å². The van der Waals surface area contributed by atoms with E-state index in [9.17, 15) is 18.8 Å². The fraction of sp³-hybridized carbons (Fsp3) is 0.611. The predicted molar refractivity (Wildman–Crippen MR) is 98.6 cm³/mol. The van der Waals surface area contributed by atoms with Crippen molar-refractivity contribution in [3.05, 3.63) is 17.7 Å². The first-order valence-electron chi connectivity index (χ1n) is 8.71. The molecule has 28 heavy (non-hydrogen) atoms. The summed E-state index contributed by atoms with van der Waals surface area (Å²) < 4.78 is 24.3. The molecule has 0 aliphatic carbocycles. The second-order valence-corrected chi connectivity index (χ2v) is 8.12. The zero-order chi connectivity index (χ0) is 21.7. The number of amides is 1. The van der Waals surface area contributed by atoms with Crippen molar-refractivity contribution in [3.63, 3.8) is 0 Å². The van der Waals surface area contributed by atoms with Crippen molar-refractivity contribution in [2.45, 2.75) is 71.6 Å². The molecule has 0 saturated carbocycles. The molecule has 1 aromatic rings. The van der Waals surface area contributed by atoms with Crippen molar-refractivity contribution in [1.29, 1.82) is 0 Å². The van der Waals surface area contributed by atoms with Crippen molar-refractivity contribution in [1.82, 2.24) is 15.3 Å². The van der Waals surface area contributed by atoms with E-state index in [0.29, 0.717) is 0 Å². The number of halogens is 1. The molecule has 0 saturated heterocycles. The number of aromatic nitrogens is 2. The Kier molecular flexibility index (Phi) is 7.43. The highest BCUT2D eigenvalue weighted by Gasteiger charge is 2.29. The Hall–Kier alpha value is -2.78. The number of anilines is 1. The highest BCUT2D eigenvalue weighted by atomic mass is 19.1. The van der Waals surface area contributed by atoms with Crippen LogP contribution in [0.25, 0.3) is 0 Å². The van der Waals surface area contributed by atoms with Crippen LogP contribution in [0.2, 0.25) is 0 Å². The number of nitrogen functional groups attached to an aromatic ring is 1. The lowest BCUT2D eigenvalue weighted by atomic mass is 10.1. The number of hydrogen-bond donors (Lipinski definition) is 2. The van der Waals surface area contributed by atoms with Gasteiger partial charge in [0.25, 0.3) is 5.91 Å². The maximum Gasteiger partial charge on any atom is 0.329 e. The first-order valence-corrected chi connectivity index (χ1v) is 8.71. The van der Waals surface area contributed by atoms with Gasteiger partial charge in [0.15, 0.2) is 0 Å². The first-order chi connectivity index (χ1) is 12.7. The molecule has 0 unspecified atom stereocenters. The molecule has 1 atom stereocenters. The Labute approximate surface area is 163 Å². The molecule has 1 aromatic heterocycles. The third kappa shape index (κ3) is 8.28. The van der Waals surface area contributed by atoms with Crippen LogP contribution in [0.3, 0.4) is 0 Å². The lowest BCUT2D eigenvalue weighted by Gasteiger charge is -2.25. The van der Waals surface area contributed by atoms with Crippen LogP contribution in [0.4, 0.5) is 10.3 Å². The van der Waals surface area contributed by atoms with Gasteiger partial charge in [0, 0.05) is 12.6 Å². The third-order valence-corrected chi connectivity index (χ3v) is 3.06. The molecule has 0 aromatic carbocycles. The predicted octanol–water partition coefficient (Wildman–Crippen LogP) is 1.76. The van der Waals surface area contributed by atoms with Crippen molar-refractivity contribution < 1.29 is 28.2 Å². The van der Waals surface area contributed by atoms with E-state index >= 15 is 0 Å². The maximum absolute atomic E-state index is 13.8. The standard InChI is InChI=1S/C18H27FN4O5/c1-17(2,3)27-12(24)8-7-11(15(26)28-18(4,5)6)22-14(25)10-9-21-16(20)23-13(10)19/h9,11H,7-8H2,1-6H3,(H,22,25)(H2,20,21,23)/t11-/m0/s1. The second-order valence-electron chi connectivity index (χ2n) is 8.12. The number of hydrogen-bond acceptors (Lipinski definition) is 8. The minimum atomic E-state index is -1.20. The Balaban J connectivity index is 2.92. The summed E-state index contributed by atoms with van der Waals surface area (Å²) in [6, 6.07) is -1.20. The van der Waals surface area contributed by atoms with E-state index in [1.165, 1.54) is 0 Å². The Morgan fingerprint density at radius 2 is 1.71 bits per heavy atom. The molecule has 0 aliphatic heterocycles. The number of rotatable bonds is 6. The summed E-state index contributed by atoms with van der Waals surface area (Å²) in [4.78, 5) is 43.5. The number of nitrogens with two attached hydrogens (primary N) is 1. The number of ether oxygens (including phenoxy) is 2. The molecule has 10 heteroatoms. The van der Waals surface area contributed by atoms with Crippen LogP contribution >= 0.6 is 0 Å². The van der Waals surface area contributed by atoms with E-state index in [0.717, 1.165) is 6.20 Å². The first kappa shape index (κ1) is 23.3.